The van der Waals surface area contributed by atoms with Crippen LogP contribution < -0.4 is 15.0 Å². The lowest BCUT2D eigenvalue weighted by atomic mass is 9.99. The van der Waals surface area contributed by atoms with Gasteiger partial charge in [0.15, 0.2) is 0 Å². The first-order valence-electron chi connectivity index (χ1n) is 9.84. The van der Waals surface area contributed by atoms with Crippen molar-refractivity contribution < 1.29 is 32.5 Å². The number of benzene rings is 1. The number of aromatic nitrogens is 1. The van der Waals surface area contributed by atoms with Gasteiger partial charge in [-0.3, -0.25) is 4.79 Å². The number of nitrogens with one attached hydrogen (secondary N) is 1. The molecule has 0 saturated carbocycles. The average molecular weight is 437 g/mol. The Balaban J connectivity index is 1.67. The smallest absolute Gasteiger partial charge is 0.433 e. The van der Waals surface area contributed by atoms with E-state index in [1.54, 1.807) is 19.1 Å². The quantitative estimate of drug-likeness (QED) is 0.766. The maximum absolute atomic E-state index is 13.0. The van der Waals surface area contributed by atoms with E-state index in [2.05, 4.69) is 10.3 Å². The van der Waals surface area contributed by atoms with Gasteiger partial charge in [0.05, 0.1) is 31.2 Å². The Hall–Kier alpha value is -2.85. The van der Waals surface area contributed by atoms with Crippen LogP contribution in [0.3, 0.4) is 0 Å². The molecule has 1 fully saturated rings. The number of anilines is 2. The number of morpholine rings is 1. The van der Waals surface area contributed by atoms with Crippen molar-refractivity contribution in [2.75, 3.05) is 43.1 Å². The zero-order valence-corrected chi connectivity index (χ0v) is 16.8. The molecule has 7 nitrogen and oxygen atoms in total. The second kappa shape index (κ2) is 8.01. The van der Waals surface area contributed by atoms with E-state index in [1.807, 2.05) is 4.90 Å². The minimum absolute atomic E-state index is 0.176. The first kappa shape index (κ1) is 21.4. The van der Waals surface area contributed by atoms with E-state index in [0.29, 0.717) is 49.8 Å². The van der Waals surface area contributed by atoms with Gasteiger partial charge in [-0.05, 0) is 25.1 Å². The number of carbonyl (C=O) groups is 1. The maximum atomic E-state index is 13.0. The molecule has 0 unspecified atom stereocenters. The van der Waals surface area contributed by atoms with Crippen LogP contribution in [0.2, 0.25) is 0 Å². The normalized spacial score (nSPS) is 20.9. The summed E-state index contributed by atoms with van der Waals surface area (Å²) >= 11 is 0. The second-order valence-corrected chi connectivity index (χ2v) is 7.82. The van der Waals surface area contributed by atoms with E-state index in [-0.39, 0.29) is 12.3 Å². The number of aliphatic hydroxyl groups excluding tert-OH is 1. The summed E-state index contributed by atoms with van der Waals surface area (Å²) in [5.74, 6) is -0.141. The minimum atomic E-state index is -4.64. The molecule has 0 spiro atoms. The highest BCUT2D eigenvalue weighted by Crippen LogP contribution is 2.42. The number of amides is 1. The Kier molecular flexibility index (Phi) is 5.52. The number of pyridine rings is 1. The van der Waals surface area contributed by atoms with Gasteiger partial charge >= 0.3 is 6.18 Å². The SMILES string of the molecule is C[C@]1(CO)Cc2cc(NC(=O)c3cccc(C(F)(F)F)n3)c(N3CCOCC3)cc2O1. The summed E-state index contributed by atoms with van der Waals surface area (Å²) in [5, 5.41) is 12.4. The predicted molar refractivity (Wildman–Crippen MR) is 106 cm³/mol. The van der Waals surface area contributed by atoms with Gasteiger partial charge in [0, 0.05) is 31.1 Å². The molecular weight excluding hydrogens is 415 g/mol. The van der Waals surface area contributed by atoms with Crippen LogP contribution in [0.25, 0.3) is 0 Å². The zero-order chi connectivity index (χ0) is 22.2. The molecule has 2 aliphatic heterocycles. The van der Waals surface area contributed by atoms with Gasteiger partial charge in [-0.25, -0.2) is 4.98 Å². The molecule has 2 N–H and O–H groups in total. The summed E-state index contributed by atoms with van der Waals surface area (Å²) in [7, 11) is 0. The van der Waals surface area contributed by atoms with E-state index < -0.39 is 23.4 Å². The molecule has 1 atom stereocenters. The molecule has 0 radical (unpaired) electrons. The van der Waals surface area contributed by atoms with Crippen molar-refractivity contribution in [3.05, 3.63) is 47.3 Å². The topological polar surface area (TPSA) is 83.9 Å². The molecule has 31 heavy (non-hydrogen) atoms. The summed E-state index contributed by atoms with van der Waals surface area (Å²) in [6, 6.07) is 6.73. The number of halogens is 3. The van der Waals surface area contributed by atoms with Crippen molar-refractivity contribution >= 4 is 17.3 Å². The van der Waals surface area contributed by atoms with E-state index in [1.165, 1.54) is 6.07 Å². The molecule has 0 bridgehead atoms. The van der Waals surface area contributed by atoms with Gasteiger partial charge in [0.25, 0.3) is 5.91 Å². The molecular formula is C21H22F3N3O4. The van der Waals surface area contributed by atoms with Gasteiger partial charge < -0.3 is 24.8 Å². The van der Waals surface area contributed by atoms with Crippen LogP contribution in [-0.2, 0) is 17.3 Å². The Morgan fingerprint density at radius 1 is 1.29 bits per heavy atom. The Bertz CT molecular complexity index is 992. The molecule has 2 aromatic rings. The van der Waals surface area contributed by atoms with Crippen LogP contribution in [0.5, 0.6) is 5.75 Å². The lowest BCUT2D eigenvalue weighted by Crippen LogP contribution is -2.37. The first-order chi connectivity index (χ1) is 14.7. The third-order valence-corrected chi connectivity index (χ3v) is 5.31. The second-order valence-electron chi connectivity index (χ2n) is 7.82. The first-order valence-corrected chi connectivity index (χ1v) is 9.84. The van der Waals surface area contributed by atoms with E-state index in [4.69, 9.17) is 9.47 Å². The van der Waals surface area contributed by atoms with Gasteiger partial charge in [-0.15, -0.1) is 0 Å². The number of hydrogen-bond acceptors (Lipinski definition) is 6. The van der Waals surface area contributed by atoms with Crippen molar-refractivity contribution in [2.45, 2.75) is 25.1 Å². The van der Waals surface area contributed by atoms with Crippen molar-refractivity contribution in [3.8, 4) is 5.75 Å². The number of hydrogen-bond donors (Lipinski definition) is 2. The highest BCUT2D eigenvalue weighted by Gasteiger charge is 2.36. The number of nitrogens with zero attached hydrogens (tertiary/aromatic N) is 2. The number of ether oxygens (including phenoxy) is 2. The molecule has 1 aromatic heterocycles. The van der Waals surface area contributed by atoms with Gasteiger partial charge in [-0.2, -0.15) is 13.2 Å². The number of alkyl halides is 3. The predicted octanol–water partition coefficient (Wildman–Crippen LogP) is 2.88. The van der Waals surface area contributed by atoms with Crippen LogP contribution in [0.4, 0.5) is 24.5 Å². The molecule has 166 valence electrons. The molecule has 1 amide bonds. The van der Waals surface area contributed by atoms with Crippen LogP contribution in [-0.4, -0.2) is 54.5 Å². The number of aliphatic hydroxyl groups is 1. The van der Waals surface area contributed by atoms with E-state index >= 15 is 0 Å². The highest BCUT2D eigenvalue weighted by atomic mass is 19.4. The summed E-state index contributed by atoms with van der Waals surface area (Å²) in [4.78, 5) is 18.2. The van der Waals surface area contributed by atoms with Gasteiger partial charge in [-0.1, -0.05) is 6.07 Å². The van der Waals surface area contributed by atoms with E-state index in [9.17, 15) is 23.1 Å². The Morgan fingerprint density at radius 2 is 2.03 bits per heavy atom. The van der Waals surface area contributed by atoms with Gasteiger partial charge in [0.1, 0.15) is 22.7 Å². The third-order valence-electron chi connectivity index (χ3n) is 5.31. The average Bonchev–Trinajstić information content (AvgIpc) is 3.09. The minimum Gasteiger partial charge on any atom is -0.484 e. The maximum Gasteiger partial charge on any atom is 0.433 e. The molecule has 1 aromatic carbocycles. The number of rotatable bonds is 4. The molecule has 4 rings (SSSR count). The Morgan fingerprint density at radius 3 is 2.71 bits per heavy atom. The molecule has 10 heteroatoms. The van der Waals surface area contributed by atoms with Crippen LogP contribution in [0.15, 0.2) is 30.3 Å². The highest BCUT2D eigenvalue weighted by molar-refractivity contribution is 6.05. The standard InChI is InChI=1S/C21H22F3N3O4/c1-20(12-28)11-13-9-15(16(10-17(13)31-20)27-5-7-30-8-6-27)26-19(29)14-3-2-4-18(25-14)21(22,23)24/h2-4,9-10,28H,5-8,11-12H2,1H3,(H,26,29)/t20-/m1/s1. The van der Waals surface area contributed by atoms with Crippen LogP contribution in [0, 0.1) is 0 Å². The van der Waals surface area contributed by atoms with Gasteiger partial charge in [0.2, 0.25) is 0 Å². The van der Waals surface area contributed by atoms with Crippen molar-refractivity contribution in [3.63, 3.8) is 0 Å². The summed E-state index contributed by atoms with van der Waals surface area (Å²) in [5.41, 5.74) is -0.328. The molecule has 2 aliphatic rings. The van der Waals surface area contributed by atoms with Crippen LogP contribution >= 0.6 is 0 Å². The number of fused-ring (bicyclic) bond motifs is 1. The Labute approximate surface area is 176 Å². The summed E-state index contributed by atoms with van der Waals surface area (Å²) in [6.07, 6.45) is -4.21. The van der Waals surface area contributed by atoms with Crippen LogP contribution in [0.1, 0.15) is 28.7 Å². The van der Waals surface area contributed by atoms with Crippen molar-refractivity contribution in [1.82, 2.24) is 4.98 Å². The lowest BCUT2D eigenvalue weighted by molar-refractivity contribution is -0.141. The fraction of sp³-hybridized carbons (Fsp3) is 0.429. The summed E-state index contributed by atoms with van der Waals surface area (Å²) < 4.78 is 50.2. The molecule has 3 heterocycles. The van der Waals surface area contributed by atoms with Crippen molar-refractivity contribution in [1.29, 1.82) is 0 Å². The molecule has 0 aliphatic carbocycles. The zero-order valence-electron chi connectivity index (χ0n) is 16.8. The lowest BCUT2D eigenvalue weighted by Gasteiger charge is -2.31. The largest absolute Gasteiger partial charge is 0.484 e. The fourth-order valence-corrected chi connectivity index (χ4v) is 3.71. The summed E-state index contributed by atoms with van der Waals surface area (Å²) in [6.45, 7) is 3.79. The van der Waals surface area contributed by atoms with Crippen molar-refractivity contribution in [2.24, 2.45) is 0 Å². The molecule has 1 saturated heterocycles. The van der Waals surface area contributed by atoms with E-state index in [0.717, 1.165) is 17.7 Å². The monoisotopic (exact) mass is 437 g/mol. The number of carbonyl (C=O) groups excluding carboxylic acids is 1. The third kappa shape index (κ3) is 4.45. The fourth-order valence-electron chi connectivity index (χ4n) is 3.71.